The first kappa shape index (κ1) is 16.4. The predicted octanol–water partition coefficient (Wildman–Crippen LogP) is 3.90. The minimum absolute atomic E-state index is 0.0469. The summed E-state index contributed by atoms with van der Waals surface area (Å²) in [5, 5.41) is 7.49. The van der Waals surface area contributed by atoms with Gasteiger partial charge in [0, 0.05) is 29.8 Å². The summed E-state index contributed by atoms with van der Waals surface area (Å²) in [6, 6.07) is 2.53. The molecule has 2 unspecified atom stereocenters. The van der Waals surface area contributed by atoms with E-state index >= 15 is 0 Å². The van der Waals surface area contributed by atoms with E-state index in [1.165, 1.54) is 25.7 Å². The highest BCUT2D eigenvalue weighted by Crippen LogP contribution is 2.30. The average Bonchev–Trinajstić information content (AvgIpc) is 2.46. The van der Waals surface area contributed by atoms with Crippen molar-refractivity contribution in [1.29, 1.82) is 0 Å². The van der Waals surface area contributed by atoms with E-state index in [0.717, 1.165) is 17.5 Å². The molecule has 0 radical (unpaired) electrons. The van der Waals surface area contributed by atoms with Gasteiger partial charge in [-0.1, -0.05) is 33.6 Å². The third-order valence-electron chi connectivity index (χ3n) is 3.99. The minimum atomic E-state index is -0.0469. The number of anilines is 2. The van der Waals surface area contributed by atoms with Gasteiger partial charge in [-0.15, -0.1) is 0 Å². The molecular formula is C16H28N4S. The summed E-state index contributed by atoms with van der Waals surface area (Å²) in [6.07, 6.45) is 7.40. The SMILES string of the molecule is CNc1cc(NC2CCCCC2SC)nc(C(C)(C)C)n1. The van der Waals surface area contributed by atoms with E-state index in [1.807, 2.05) is 24.9 Å². The first-order chi connectivity index (χ1) is 9.94. The summed E-state index contributed by atoms with van der Waals surface area (Å²) in [5.41, 5.74) is -0.0469. The Morgan fingerprint density at radius 2 is 1.81 bits per heavy atom. The topological polar surface area (TPSA) is 49.8 Å². The van der Waals surface area contributed by atoms with E-state index in [-0.39, 0.29) is 5.41 Å². The summed E-state index contributed by atoms with van der Waals surface area (Å²) in [6.45, 7) is 6.45. The van der Waals surface area contributed by atoms with Crippen molar-refractivity contribution in [2.45, 2.75) is 63.2 Å². The second kappa shape index (κ2) is 6.86. The van der Waals surface area contributed by atoms with Gasteiger partial charge in [-0.05, 0) is 19.1 Å². The maximum atomic E-state index is 4.74. The molecule has 2 rings (SSSR count). The molecule has 0 amide bonds. The number of nitrogens with zero attached hydrogens (tertiary/aromatic N) is 2. The number of hydrogen-bond donors (Lipinski definition) is 2. The molecule has 5 heteroatoms. The van der Waals surface area contributed by atoms with Crippen LogP contribution in [0.5, 0.6) is 0 Å². The lowest BCUT2D eigenvalue weighted by Crippen LogP contribution is -2.35. The Bertz CT molecular complexity index is 470. The Morgan fingerprint density at radius 1 is 1.14 bits per heavy atom. The molecular weight excluding hydrogens is 280 g/mol. The first-order valence-electron chi connectivity index (χ1n) is 7.80. The second-order valence-corrected chi connectivity index (χ2v) is 7.85. The average molecular weight is 308 g/mol. The minimum Gasteiger partial charge on any atom is -0.373 e. The number of thioether (sulfide) groups is 1. The monoisotopic (exact) mass is 308 g/mol. The van der Waals surface area contributed by atoms with E-state index in [0.29, 0.717) is 11.3 Å². The molecule has 0 spiro atoms. The lowest BCUT2D eigenvalue weighted by Gasteiger charge is -2.31. The molecule has 1 aliphatic carbocycles. The Labute approximate surface area is 132 Å². The van der Waals surface area contributed by atoms with Gasteiger partial charge in [-0.25, -0.2) is 9.97 Å². The molecule has 1 aromatic heterocycles. The van der Waals surface area contributed by atoms with Crippen LogP contribution in [0.3, 0.4) is 0 Å². The molecule has 4 nitrogen and oxygen atoms in total. The summed E-state index contributed by atoms with van der Waals surface area (Å²) in [7, 11) is 1.91. The molecule has 1 heterocycles. The predicted molar refractivity (Wildman–Crippen MR) is 93.5 cm³/mol. The van der Waals surface area contributed by atoms with Gasteiger partial charge in [0.25, 0.3) is 0 Å². The van der Waals surface area contributed by atoms with Crippen molar-refractivity contribution in [3.63, 3.8) is 0 Å². The highest BCUT2D eigenvalue weighted by molar-refractivity contribution is 7.99. The van der Waals surface area contributed by atoms with Gasteiger partial charge < -0.3 is 10.6 Å². The normalized spacial score (nSPS) is 22.9. The smallest absolute Gasteiger partial charge is 0.138 e. The van der Waals surface area contributed by atoms with Crippen LogP contribution in [-0.2, 0) is 5.41 Å². The molecule has 21 heavy (non-hydrogen) atoms. The fourth-order valence-corrected chi connectivity index (χ4v) is 3.65. The maximum absolute atomic E-state index is 4.74. The quantitative estimate of drug-likeness (QED) is 0.883. The van der Waals surface area contributed by atoms with Gasteiger partial charge in [0.15, 0.2) is 0 Å². The molecule has 118 valence electrons. The molecule has 0 bridgehead atoms. The molecule has 1 aliphatic rings. The maximum Gasteiger partial charge on any atom is 0.138 e. The molecule has 0 aliphatic heterocycles. The van der Waals surface area contributed by atoms with Gasteiger partial charge in [-0.3, -0.25) is 0 Å². The number of hydrogen-bond acceptors (Lipinski definition) is 5. The van der Waals surface area contributed by atoms with Crippen molar-refractivity contribution in [2.24, 2.45) is 0 Å². The van der Waals surface area contributed by atoms with Crippen LogP contribution in [0.2, 0.25) is 0 Å². The van der Waals surface area contributed by atoms with Crippen LogP contribution in [0.25, 0.3) is 0 Å². The van der Waals surface area contributed by atoms with E-state index in [9.17, 15) is 0 Å². The van der Waals surface area contributed by atoms with Crippen LogP contribution in [-0.4, -0.2) is 34.6 Å². The fourth-order valence-electron chi connectivity index (χ4n) is 2.72. The third-order valence-corrected chi connectivity index (χ3v) is 5.16. The Kier molecular flexibility index (Phi) is 5.36. The zero-order chi connectivity index (χ0) is 15.5. The van der Waals surface area contributed by atoms with E-state index < -0.39 is 0 Å². The fraction of sp³-hybridized carbons (Fsp3) is 0.750. The molecule has 1 aromatic rings. The number of aromatic nitrogens is 2. The van der Waals surface area contributed by atoms with Crippen LogP contribution in [0.4, 0.5) is 11.6 Å². The Hall–Kier alpha value is -0.970. The molecule has 2 N–H and O–H groups in total. The highest BCUT2D eigenvalue weighted by atomic mass is 32.2. The summed E-state index contributed by atoms with van der Waals surface area (Å²) < 4.78 is 0. The van der Waals surface area contributed by atoms with E-state index in [1.54, 1.807) is 0 Å². The summed E-state index contributed by atoms with van der Waals surface area (Å²) in [4.78, 5) is 9.33. The molecule has 2 atom stereocenters. The van der Waals surface area contributed by atoms with Gasteiger partial charge in [-0.2, -0.15) is 11.8 Å². The van der Waals surface area contributed by atoms with E-state index in [4.69, 9.17) is 4.98 Å². The Morgan fingerprint density at radius 3 is 2.43 bits per heavy atom. The zero-order valence-electron chi connectivity index (χ0n) is 13.9. The second-order valence-electron chi connectivity index (χ2n) is 6.77. The highest BCUT2D eigenvalue weighted by Gasteiger charge is 2.25. The van der Waals surface area contributed by atoms with Crippen LogP contribution >= 0.6 is 11.8 Å². The van der Waals surface area contributed by atoms with Crippen LogP contribution in [0.15, 0.2) is 6.07 Å². The van der Waals surface area contributed by atoms with Crippen molar-refractivity contribution in [3.8, 4) is 0 Å². The van der Waals surface area contributed by atoms with Crippen molar-refractivity contribution in [2.75, 3.05) is 23.9 Å². The van der Waals surface area contributed by atoms with Crippen LogP contribution < -0.4 is 10.6 Å². The summed E-state index contributed by atoms with van der Waals surface area (Å²) in [5.74, 6) is 2.72. The largest absolute Gasteiger partial charge is 0.373 e. The van der Waals surface area contributed by atoms with Gasteiger partial charge in [0.05, 0.1) is 0 Å². The van der Waals surface area contributed by atoms with Crippen LogP contribution in [0.1, 0.15) is 52.3 Å². The van der Waals surface area contributed by atoms with Crippen molar-refractivity contribution < 1.29 is 0 Å². The lowest BCUT2D eigenvalue weighted by molar-refractivity contribution is 0.473. The lowest BCUT2D eigenvalue weighted by atomic mass is 9.94. The Balaban J connectivity index is 2.22. The zero-order valence-corrected chi connectivity index (χ0v) is 14.7. The van der Waals surface area contributed by atoms with Crippen molar-refractivity contribution >= 4 is 23.4 Å². The number of rotatable bonds is 4. The molecule has 0 aromatic carbocycles. The van der Waals surface area contributed by atoms with Gasteiger partial charge in [0.1, 0.15) is 17.5 Å². The van der Waals surface area contributed by atoms with Crippen molar-refractivity contribution in [1.82, 2.24) is 9.97 Å². The molecule has 1 fully saturated rings. The number of nitrogens with one attached hydrogen (secondary N) is 2. The van der Waals surface area contributed by atoms with Gasteiger partial charge in [0.2, 0.25) is 0 Å². The summed E-state index contributed by atoms with van der Waals surface area (Å²) >= 11 is 1.97. The first-order valence-corrected chi connectivity index (χ1v) is 9.09. The van der Waals surface area contributed by atoms with E-state index in [2.05, 4.69) is 42.6 Å². The standard InChI is InChI=1S/C16H28N4S/c1-16(2,3)15-19-13(17-4)10-14(20-15)18-11-8-6-7-9-12(11)21-5/h10-12H,6-9H2,1-5H3,(H2,17,18,19,20). The molecule has 0 saturated heterocycles. The molecule has 1 saturated carbocycles. The van der Waals surface area contributed by atoms with Crippen molar-refractivity contribution in [3.05, 3.63) is 11.9 Å². The van der Waals surface area contributed by atoms with Crippen LogP contribution in [0, 0.1) is 0 Å². The third kappa shape index (κ3) is 4.25. The van der Waals surface area contributed by atoms with Gasteiger partial charge >= 0.3 is 0 Å².